The maximum atomic E-state index is 10.4. The van der Waals surface area contributed by atoms with Crippen molar-refractivity contribution in [2.75, 3.05) is 24.6 Å². The van der Waals surface area contributed by atoms with E-state index in [1.54, 1.807) is 0 Å². The normalized spacial score (nSPS) is 14.9. The minimum absolute atomic E-state index is 0.480. The summed E-state index contributed by atoms with van der Waals surface area (Å²) in [7, 11) is 0. The van der Waals surface area contributed by atoms with E-state index < -0.39 is 6.10 Å². The van der Waals surface area contributed by atoms with Crippen LogP contribution < -0.4 is 9.64 Å². The van der Waals surface area contributed by atoms with Crippen LogP contribution in [0.4, 0.5) is 5.69 Å². The zero-order chi connectivity index (χ0) is 14.7. The number of anilines is 1. The van der Waals surface area contributed by atoms with Gasteiger partial charge in [0.2, 0.25) is 0 Å². The highest BCUT2D eigenvalue weighted by atomic mass is 16.5. The molecule has 3 nitrogen and oxygen atoms in total. The molecule has 0 saturated heterocycles. The van der Waals surface area contributed by atoms with Crippen LogP contribution in [0.1, 0.15) is 24.2 Å². The van der Waals surface area contributed by atoms with Crippen molar-refractivity contribution in [2.24, 2.45) is 0 Å². The average Bonchev–Trinajstić information content (AvgIpc) is 2.92. The van der Waals surface area contributed by atoms with Crippen molar-refractivity contribution in [3.8, 4) is 5.75 Å². The molecule has 1 atom stereocenters. The first-order chi connectivity index (χ1) is 10.3. The highest BCUT2D eigenvalue weighted by Crippen LogP contribution is 2.29. The van der Waals surface area contributed by atoms with E-state index in [1.165, 1.54) is 11.3 Å². The molecule has 1 aliphatic heterocycles. The predicted octanol–water partition coefficient (Wildman–Crippen LogP) is 3.18. The van der Waals surface area contributed by atoms with Gasteiger partial charge >= 0.3 is 0 Å². The zero-order valence-corrected chi connectivity index (χ0v) is 12.3. The van der Waals surface area contributed by atoms with Crippen LogP contribution in [0.2, 0.25) is 0 Å². The van der Waals surface area contributed by atoms with Crippen LogP contribution in [0.5, 0.6) is 5.75 Å². The largest absolute Gasteiger partial charge is 0.494 e. The summed E-state index contributed by atoms with van der Waals surface area (Å²) in [5.74, 6) is 0.847. The SMILES string of the molecule is CCOc1ccc(C(O)CN2CCc3ccccc32)cc1. The fourth-order valence-electron chi connectivity index (χ4n) is 2.86. The minimum atomic E-state index is -0.480. The fraction of sp³-hybridized carbons (Fsp3) is 0.333. The Morgan fingerprint density at radius 2 is 1.90 bits per heavy atom. The first-order valence-electron chi connectivity index (χ1n) is 7.51. The molecule has 0 amide bonds. The number of aliphatic hydroxyl groups is 1. The lowest BCUT2D eigenvalue weighted by Gasteiger charge is -2.23. The highest BCUT2D eigenvalue weighted by Gasteiger charge is 2.21. The van der Waals surface area contributed by atoms with E-state index in [0.717, 1.165) is 24.3 Å². The van der Waals surface area contributed by atoms with E-state index >= 15 is 0 Å². The number of nitrogens with zero attached hydrogens (tertiary/aromatic N) is 1. The third-order valence-electron chi connectivity index (χ3n) is 3.95. The van der Waals surface area contributed by atoms with Gasteiger partial charge in [-0.2, -0.15) is 0 Å². The van der Waals surface area contributed by atoms with Crippen molar-refractivity contribution < 1.29 is 9.84 Å². The lowest BCUT2D eigenvalue weighted by atomic mass is 10.1. The fourth-order valence-corrected chi connectivity index (χ4v) is 2.86. The van der Waals surface area contributed by atoms with Crippen molar-refractivity contribution >= 4 is 5.69 Å². The zero-order valence-electron chi connectivity index (χ0n) is 12.3. The van der Waals surface area contributed by atoms with E-state index in [0.29, 0.717) is 13.2 Å². The Balaban J connectivity index is 1.68. The second-order valence-corrected chi connectivity index (χ2v) is 5.34. The molecule has 0 fully saturated rings. The van der Waals surface area contributed by atoms with Crippen molar-refractivity contribution in [3.63, 3.8) is 0 Å². The molecule has 1 unspecified atom stereocenters. The number of hydrogen-bond acceptors (Lipinski definition) is 3. The Morgan fingerprint density at radius 3 is 2.67 bits per heavy atom. The van der Waals surface area contributed by atoms with Crippen LogP contribution in [-0.4, -0.2) is 24.8 Å². The molecule has 0 aromatic heterocycles. The van der Waals surface area contributed by atoms with Gasteiger partial charge in [-0.05, 0) is 42.7 Å². The summed E-state index contributed by atoms with van der Waals surface area (Å²) in [6, 6.07) is 16.1. The monoisotopic (exact) mass is 283 g/mol. The van der Waals surface area contributed by atoms with Crippen LogP contribution in [0, 0.1) is 0 Å². The summed E-state index contributed by atoms with van der Waals surface area (Å²) in [6.45, 7) is 4.23. The standard InChI is InChI=1S/C18H21NO2/c1-2-21-16-9-7-15(8-10-16)18(20)13-19-12-11-14-5-3-4-6-17(14)19/h3-10,18,20H,2,11-13H2,1H3. The molecule has 1 heterocycles. The minimum Gasteiger partial charge on any atom is -0.494 e. The molecular formula is C18H21NO2. The molecule has 0 spiro atoms. The van der Waals surface area contributed by atoms with Gasteiger partial charge in [-0.1, -0.05) is 30.3 Å². The van der Waals surface area contributed by atoms with Gasteiger partial charge in [0.05, 0.1) is 12.7 Å². The van der Waals surface area contributed by atoms with E-state index in [-0.39, 0.29) is 0 Å². The first kappa shape index (κ1) is 14.0. The Morgan fingerprint density at radius 1 is 1.14 bits per heavy atom. The van der Waals surface area contributed by atoms with Crippen molar-refractivity contribution in [1.29, 1.82) is 0 Å². The third-order valence-corrected chi connectivity index (χ3v) is 3.95. The third kappa shape index (κ3) is 3.03. The van der Waals surface area contributed by atoms with Crippen LogP contribution in [0.25, 0.3) is 0 Å². The molecule has 0 aliphatic carbocycles. The van der Waals surface area contributed by atoms with E-state index in [9.17, 15) is 5.11 Å². The van der Waals surface area contributed by atoms with Crippen LogP contribution >= 0.6 is 0 Å². The second kappa shape index (κ2) is 6.19. The number of para-hydroxylation sites is 1. The molecule has 1 N–H and O–H groups in total. The Hall–Kier alpha value is -2.00. The second-order valence-electron chi connectivity index (χ2n) is 5.34. The lowest BCUT2D eigenvalue weighted by Crippen LogP contribution is -2.26. The van der Waals surface area contributed by atoms with Gasteiger partial charge in [-0.3, -0.25) is 0 Å². The molecule has 3 heteroatoms. The topological polar surface area (TPSA) is 32.7 Å². The quantitative estimate of drug-likeness (QED) is 0.915. The Kier molecular flexibility index (Phi) is 4.11. The Bertz CT molecular complexity index is 594. The van der Waals surface area contributed by atoms with Crippen molar-refractivity contribution in [2.45, 2.75) is 19.4 Å². The number of ether oxygens (including phenoxy) is 1. The van der Waals surface area contributed by atoms with Gasteiger partial charge in [0.25, 0.3) is 0 Å². The summed E-state index contributed by atoms with van der Waals surface area (Å²) >= 11 is 0. The number of hydrogen-bond donors (Lipinski definition) is 1. The molecule has 3 rings (SSSR count). The predicted molar refractivity (Wildman–Crippen MR) is 84.9 cm³/mol. The van der Waals surface area contributed by atoms with Gasteiger partial charge in [0.1, 0.15) is 5.75 Å². The molecule has 0 bridgehead atoms. The van der Waals surface area contributed by atoms with Crippen molar-refractivity contribution in [1.82, 2.24) is 0 Å². The molecular weight excluding hydrogens is 262 g/mol. The Labute approximate surface area is 125 Å². The van der Waals surface area contributed by atoms with E-state index in [2.05, 4.69) is 29.2 Å². The lowest BCUT2D eigenvalue weighted by molar-refractivity contribution is 0.184. The smallest absolute Gasteiger partial charge is 0.119 e. The number of fused-ring (bicyclic) bond motifs is 1. The molecule has 21 heavy (non-hydrogen) atoms. The van der Waals surface area contributed by atoms with Gasteiger partial charge in [-0.25, -0.2) is 0 Å². The molecule has 1 aliphatic rings. The van der Waals surface area contributed by atoms with Gasteiger partial charge in [-0.15, -0.1) is 0 Å². The number of aliphatic hydroxyl groups excluding tert-OH is 1. The maximum Gasteiger partial charge on any atom is 0.119 e. The highest BCUT2D eigenvalue weighted by molar-refractivity contribution is 5.58. The molecule has 0 saturated carbocycles. The van der Waals surface area contributed by atoms with E-state index in [4.69, 9.17) is 4.74 Å². The molecule has 110 valence electrons. The van der Waals surface area contributed by atoms with E-state index in [1.807, 2.05) is 31.2 Å². The summed E-state index contributed by atoms with van der Waals surface area (Å²) < 4.78 is 5.43. The summed E-state index contributed by atoms with van der Waals surface area (Å²) in [4.78, 5) is 2.26. The number of rotatable bonds is 5. The van der Waals surface area contributed by atoms with Gasteiger partial charge in [0.15, 0.2) is 0 Å². The summed E-state index contributed by atoms with van der Waals surface area (Å²) in [5.41, 5.74) is 3.56. The molecule has 2 aromatic carbocycles. The van der Waals surface area contributed by atoms with Gasteiger partial charge in [0, 0.05) is 18.8 Å². The summed E-state index contributed by atoms with van der Waals surface area (Å²) in [5, 5.41) is 10.4. The maximum absolute atomic E-state index is 10.4. The summed E-state index contributed by atoms with van der Waals surface area (Å²) in [6.07, 6.45) is 0.582. The van der Waals surface area contributed by atoms with Crippen LogP contribution in [0.15, 0.2) is 48.5 Å². The average molecular weight is 283 g/mol. The molecule has 0 radical (unpaired) electrons. The van der Waals surface area contributed by atoms with Crippen molar-refractivity contribution in [3.05, 3.63) is 59.7 Å². The van der Waals surface area contributed by atoms with Crippen LogP contribution in [-0.2, 0) is 6.42 Å². The number of benzene rings is 2. The molecule has 2 aromatic rings. The first-order valence-corrected chi connectivity index (χ1v) is 7.51. The number of β-amino-alcohol motifs (C(OH)–C–C–N with tert-alkyl or cyclic N) is 1. The van der Waals surface area contributed by atoms with Gasteiger partial charge < -0.3 is 14.7 Å². The van der Waals surface area contributed by atoms with Crippen LogP contribution in [0.3, 0.4) is 0 Å².